The quantitative estimate of drug-likeness (QED) is 0.759. The molecule has 0 fully saturated rings. The highest BCUT2D eigenvalue weighted by atomic mass is 32.2. The molecule has 0 radical (unpaired) electrons. The summed E-state index contributed by atoms with van der Waals surface area (Å²) in [6.07, 6.45) is -0.354. The van der Waals surface area contributed by atoms with E-state index in [4.69, 9.17) is 4.74 Å². The number of benzene rings is 1. The summed E-state index contributed by atoms with van der Waals surface area (Å²) in [6, 6.07) is 9.45. The van der Waals surface area contributed by atoms with Gasteiger partial charge in [-0.05, 0) is 43.3 Å². The number of methoxy groups -OCH3 is 2. The van der Waals surface area contributed by atoms with Crippen LogP contribution in [0.1, 0.15) is 26.2 Å². The van der Waals surface area contributed by atoms with Crippen LogP contribution in [0.25, 0.3) is 0 Å². The number of aryl methyl sites for hydroxylation is 1. The number of sulfonamides is 1. The lowest BCUT2D eigenvalue weighted by molar-refractivity contribution is 0.0600. The van der Waals surface area contributed by atoms with Gasteiger partial charge in [0, 0.05) is 23.4 Å². The zero-order chi connectivity index (χ0) is 17.7. The largest absolute Gasteiger partial charge is 0.465 e. The van der Waals surface area contributed by atoms with Crippen molar-refractivity contribution >= 4 is 27.3 Å². The predicted molar refractivity (Wildman–Crippen MR) is 91.8 cm³/mol. The number of esters is 1. The van der Waals surface area contributed by atoms with Gasteiger partial charge in [0.25, 0.3) is 0 Å². The first-order valence-electron chi connectivity index (χ1n) is 7.14. The zero-order valence-corrected chi connectivity index (χ0v) is 15.2. The van der Waals surface area contributed by atoms with E-state index in [1.54, 1.807) is 18.4 Å². The van der Waals surface area contributed by atoms with Crippen LogP contribution in [-0.4, -0.2) is 35.2 Å². The average molecular weight is 369 g/mol. The topological polar surface area (TPSA) is 81.7 Å². The summed E-state index contributed by atoms with van der Waals surface area (Å²) >= 11 is 1.56. The fraction of sp³-hybridized carbons (Fsp3) is 0.312. The van der Waals surface area contributed by atoms with Crippen LogP contribution >= 0.6 is 11.3 Å². The van der Waals surface area contributed by atoms with Crippen LogP contribution in [0, 0.1) is 6.92 Å². The summed E-state index contributed by atoms with van der Waals surface area (Å²) in [4.78, 5) is 13.6. The highest BCUT2D eigenvalue weighted by Gasteiger charge is 2.19. The van der Waals surface area contributed by atoms with Gasteiger partial charge < -0.3 is 9.47 Å². The Morgan fingerprint density at radius 1 is 1.17 bits per heavy atom. The maximum atomic E-state index is 12.4. The lowest BCUT2D eigenvalue weighted by Crippen LogP contribution is -2.29. The third-order valence-electron chi connectivity index (χ3n) is 3.41. The molecule has 6 nitrogen and oxygen atoms in total. The van der Waals surface area contributed by atoms with Gasteiger partial charge >= 0.3 is 5.97 Å². The molecule has 1 N–H and O–H groups in total. The molecule has 0 bridgehead atoms. The van der Waals surface area contributed by atoms with Gasteiger partial charge in [-0.2, -0.15) is 0 Å². The maximum Gasteiger partial charge on any atom is 0.337 e. The molecule has 1 atom stereocenters. The second-order valence-corrected chi connectivity index (χ2v) is 8.13. The monoisotopic (exact) mass is 369 g/mol. The van der Waals surface area contributed by atoms with Crippen LogP contribution in [0.15, 0.2) is 41.3 Å². The number of rotatable bonds is 7. The average Bonchev–Trinajstić information content (AvgIpc) is 3.01. The molecule has 0 aliphatic carbocycles. The Bertz CT molecular complexity index is 796. The highest BCUT2D eigenvalue weighted by molar-refractivity contribution is 7.89. The van der Waals surface area contributed by atoms with Gasteiger partial charge in [-0.25, -0.2) is 17.9 Å². The van der Waals surface area contributed by atoms with Crippen molar-refractivity contribution in [1.82, 2.24) is 4.72 Å². The summed E-state index contributed by atoms with van der Waals surface area (Å²) < 4.78 is 37.2. The Morgan fingerprint density at radius 3 is 2.33 bits per heavy atom. The van der Waals surface area contributed by atoms with Crippen molar-refractivity contribution in [3.63, 3.8) is 0 Å². The number of hydrogen-bond donors (Lipinski definition) is 1. The molecular weight excluding hydrogens is 350 g/mol. The van der Waals surface area contributed by atoms with Gasteiger partial charge in [0.2, 0.25) is 10.0 Å². The van der Waals surface area contributed by atoms with Crippen LogP contribution in [0.2, 0.25) is 0 Å². The first-order valence-corrected chi connectivity index (χ1v) is 9.44. The molecule has 0 saturated heterocycles. The Hall–Kier alpha value is -1.74. The summed E-state index contributed by atoms with van der Waals surface area (Å²) in [5, 5.41) is 0. The number of ether oxygens (including phenoxy) is 2. The third kappa shape index (κ3) is 4.41. The van der Waals surface area contributed by atoms with Crippen LogP contribution in [0.3, 0.4) is 0 Å². The fourth-order valence-corrected chi connectivity index (χ4v) is 4.07. The number of carbonyl (C=O) groups is 1. The van der Waals surface area contributed by atoms with Crippen molar-refractivity contribution in [2.24, 2.45) is 0 Å². The molecule has 0 aliphatic rings. The van der Waals surface area contributed by atoms with Gasteiger partial charge in [-0.3, -0.25) is 0 Å². The summed E-state index contributed by atoms with van der Waals surface area (Å²) in [6.45, 7) is 2.10. The first-order chi connectivity index (χ1) is 11.4. The molecule has 0 aliphatic heterocycles. The SMILES string of the molecule is COC(=O)c1ccc(S(=O)(=O)NC[C@H](OC)c2ccc(C)s2)cc1. The number of carbonyl (C=O) groups excluding carboxylic acids is 1. The second kappa shape index (κ2) is 7.89. The van der Waals surface area contributed by atoms with E-state index >= 15 is 0 Å². The lowest BCUT2D eigenvalue weighted by Gasteiger charge is -2.15. The van der Waals surface area contributed by atoms with Crippen LogP contribution < -0.4 is 4.72 Å². The normalized spacial score (nSPS) is 12.8. The van der Waals surface area contributed by atoms with Crippen molar-refractivity contribution in [2.45, 2.75) is 17.9 Å². The molecule has 2 aromatic rings. The highest BCUT2D eigenvalue weighted by Crippen LogP contribution is 2.25. The molecule has 0 unspecified atom stereocenters. The van der Waals surface area contributed by atoms with E-state index in [9.17, 15) is 13.2 Å². The summed E-state index contributed by atoms with van der Waals surface area (Å²) in [5.41, 5.74) is 0.292. The van der Waals surface area contributed by atoms with Gasteiger partial charge in [0.1, 0.15) is 6.10 Å². The molecule has 0 amide bonds. The molecule has 0 spiro atoms. The Morgan fingerprint density at radius 2 is 1.83 bits per heavy atom. The Labute approximate surface area is 145 Å². The van der Waals surface area contributed by atoms with Crippen molar-refractivity contribution < 1.29 is 22.7 Å². The molecule has 24 heavy (non-hydrogen) atoms. The molecule has 1 aromatic heterocycles. The van der Waals surface area contributed by atoms with Crippen LogP contribution in [0.4, 0.5) is 0 Å². The number of hydrogen-bond acceptors (Lipinski definition) is 6. The van der Waals surface area contributed by atoms with E-state index in [0.29, 0.717) is 5.56 Å². The minimum Gasteiger partial charge on any atom is -0.465 e. The lowest BCUT2D eigenvalue weighted by atomic mass is 10.2. The number of thiophene rings is 1. The Balaban J connectivity index is 2.08. The standard InChI is InChI=1S/C16H19NO5S2/c1-11-4-9-15(23-11)14(21-2)10-17-24(19,20)13-7-5-12(6-8-13)16(18)22-3/h4-9,14,17H,10H2,1-3H3/t14-/m0/s1. The minimum atomic E-state index is -3.69. The molecule has 1 heterocycles. The Kier molecular flexibility index (Phi) is 6.11. The third-order valence-corrected chi connectivity index (χ3v) is 5.94. The van der Waals surface area contributed by atoms with Crippen molar-refractivity contribution in [3.8, 4) is 0 Å². The maximum absolute atomic E-state index is 12.4. The number of nitrogens with one attached hydrogen (secondary N) is 1. The molecule has 1 aromatic carbocycles. The second-order valence-electron chi connectivity index (χ2n) is 5.04. The molecule has 2 rings (SSSR count). The predicted octanol–water partition coefficient (Wildman–Crippen LogP) is 2.51. The fourth-order valence-electron chi connectivity index (χ4n) is 2.08. The van der Waals surface area contributed by atoms with E-state index in [-0.39, 0.29) is 17.5 Å². The van der Waals surface area contributed by atoms with Crippen molar-refractivity contribution in [1.29, 1.82) is 0 Å². The van der Waals surface area contributed by atoms with Crippen molar-refractivity contribution in [2.75, 3.05) is 20.8 Å². The van der Waals surface area contributed by atoms with Gasteiger partial charge in [-0.15, -0.1) is 11.3 Å². The molecule has 8 heteroatoms. The van der Waals surface area contributed by atoms with Gasteiger partial charge in [-0.1, -0.05) is 0 Å². The van der Waals surface area contributed by atoms with Gasteiger partial charge in [0.05, 0.1) is 17.6 Å². The van der Waals surface area contributed by atoms with Crippen LogP contribution in [-0.2, 0) is 19.5 Å². The van der Waals surface area contributed by atoms with E-state index in [1.807, 2.05) is 19.1 Å². The van der Waals surface area contributed by atoms with E-state index in [1.165, 1.54) is 31.4 Å². The van der Waals surface area contributed by atoms with E-state index in [2.05, 4.69) is 9.46 Å². The van der Waals surface area contributed by atoms with Crippen molar-refractivity contribution in [3.05, 3.63) is 51.7 Å². The minimum absolute atomic E-state index is 0.0763. The van der Waals surface area contributed by atoms with E-state index < -0.39 is 16.0 Å². The zero-order valence-electron chi connectivity index (χ0n) is 13.6. The van der Waals surface area contributed by atoms with Crippen LogP contribution in [0.5, 0.6) is 0 Å². The van der Waals surface area contributed by atoms with Gasteiger partial charge in [0.15, 0.2) is 0 Å². The molecular formula is C16H19NO5S2. The molecule has 0 saturated carbocycles. The first kappa shape index (κ1) is 18.6. The van der Waals surface area contributed by atoms with E-state index in [0.717, 1.165) is 9.75 Å². The summed E-state index contributed by atoms with van der Waals surface area (Å²) in [5.74, 6) is -0.514. The summed E-state index contributed by atoms with van der Waals surface area (Å²) in [7, 11) is -0.883. The molecule has 130 valence electrons. The smallest absolute Gasteiger partial charge is 0.337 e.